The van der Waals surface area contributed by atoms with Crippen molar-refractivity contribution in [2.24, 2.45) is 5.92 Å². The maximum absolute atomic E-state index is 12.8. The van der Waals surface area contributed by atoms with Gasteiger partial charge in [-0.3, -0.25) is 0 Å². The van der Waals surface area contributed by atoms with E-state index in [1.165, 1.54) is 36.4 Å². The molecule has 1 unspecified atom stereocenters. The molecule has 0 spiro atoms. The number of aryl methyl sites for hydroxylation is 1. The van der Waals surface area contributed by atoms with Crippen LogP contribution in [-0.2, 0) is 10.0 Å². The largest absolute Gasteiger partial charge is 0.338 e. The molecule has 1 aromatic carbocycles. The molecule has 1 saturated heterocycles. The lowest BCUT2D eigenvalue weighted by Gasteiger charge is -2.22. The van der Waals surface area contributed by atoms with E-state index in [2.05, 4.69) is 10.6 Å². The lowest BCUT2D eigenvalue weighted by molar-refractivity contribution is 0.232. The van der Waals surface area contributed by atoms with E-state index in [9.17, 15) is 13.2 Å². The Balaban J connectivity index is 1.45. The van der Waals surface area contributed by atoms with Gasteiger partial charge in [-0.05, 0) is 44.2 Å². The first kappa shape index (κ1) is 21.1. The van der Waals surface area contributed by atoms with Crippen LogP contribution in [0.3, 0.4) is 0 Å². The Labute approximate surface area is 169 Å². The molecule has 6 nitrogen and oxygen atoms in total. The van der Waals surface area contributed by atoms with Crippen LogP contribution < -0.4 is 10.6 Å². The number of amides is 2. The summed E-state index contributed by atoms with van der Waals surface area (Å²) in [4.78, 5) is 12.6. The van der Waals surface area contributed by atoms with Crippen molar-refractivity contribution in [3.63, 3.8) is 0 Å². The highest BCUT2D eigenvalue weighted by molar-refractivity contribution is 7.89. The molecule has 1 aromatic rings. The number of hydrogen-bond acceptors (Lipinski definition) is 3. The average molecular weight is 408 g/mol. The monoisotopic (exact) mass is 407 g/mol. The van der Waals surface area contributed by atoms with Gasteiger partial charge in [-0.15, -0.1) is 0 Å². The van der Waals surface area contributed by atoms with Gasteiger partial charge in [0.15, 0.2) is 0 Å². The molecular weight excluding hydrogens is 374 g/mol. The van der Waals surface area contributed by atoms with Crippen LogP contribution in [0.5, 0.6) is 0 Å². The van der Waals surface area contributed by atoms with E-state index in [-0.39, 0.29) is 18.0 Å². The Morgan fingerprint density at radius 2 is 1.68 bits per heavy atom. The summed E-state index contributed by atoms with van der Waals surface area (Å²) in [5.41, 5.74) is 1.04. The molecular formula is C21H33N3O3S. The number of nitrogens with one attached hydrogen (secondary N) is 2. The zero-order valence-electron chi connectivity index (χ0n) is 16.8. The van der Waals surface area contributed by atoms with Crippen molar-refractivity contribution < 1.29 is 13.2 Å². The number of urea groups is 1. The maximum atomic E-state index is 12.8. The zero-order chi connectivity index (χ0) is 20.0. The molecule has 1 heterocycles. The molecule has 0 aromatic heterocycles. The maximum Gasteiger partial charge on any atom is 0.315 e. The minimum Gasteiger partial charge on any atom is -0.338 e. The summed E-state index contributed by atoms with van der Waals surface area (Å²) in [5.74, 6) is 0.156. The lowest BCUT2D eigenvalue weighted by Crippen LogP contribution is -2.44. The van der Waals surface area contributed by atoms with Crippen molar-refractivity contribution >= 4 is 16.1 Å². The summed E-state index contributed by atoms with van der Waals surface area (Å²) in [7, 11) is -3.45. The molecule has 2 amide bonds. The van der Waals surface area contributed by atoms with E-state index >= 15 is 0 Å². The van der Waals surface area contributed by atoms with Crippen LogP contribution in [0.25, 0.3) is 0 Å². The van der Waals surface area contributed by atoms with Crippen LogP contribution in [0.2, 0.25) is 0 Å². The summed E-state index contributed by atoms with van der Waals surface area (Å²) in [6.45, 7) is 3.42. The Hall–Kier alpha value is -1.60. The van der Waals surface area contributed by atoms with E-state index in [0.717, 1.165) is 24.8 Å². The van der Waals surface area contributed by atoms with Crippen LogP contribution in [0.15, 0.2) is 29.2 Å². The first-order valence-electron chi connectivity index (χ1n) is 10.6. The standard InChI is InChI=1S/C21H33N3O3S/c1-17-9-11-20(12-10-17)28(26,27)24-14-13-18(16-24)15-22-21(25)23-19-7-5-3-2-4-6-8-19/h9-12,18-19H,2-8,13-16H2,1H3,(H2,22,23,25). The second-order valence-electron chi connectivity index (χ2n) is 8.23. The van der Waals surface area contributed by atoms with Gasteiger partial charge in [-0.1, -0.05) is 49.8 Å². The SMILES string of the molecule is Cc1ccc(S(=O)(=O)N2CCC(CNC(=O)NC3CCCCCCC3)C2)cc1. The van der Waals surface area contributed by atoms with Gasteiger partial charge in [0.25, 0.3) is 0 Å². The second-order valence-corrected chi connectivity index (χ2v) is 10.2. The predicted molar refractivity (Wildman–Crippen MR) is 111 cm³/mol. The number of carbonyl (C=O) groups excluding carboxylic acids is 1. The van der Waals surface area contributed by atoms with Gasteiger partial charge >= 0.3 is 6.03 Å². The Kier molecular flexibility index (Phi) is 7.35. The van der Waals surface area contributed by atoms with Crippen LogP contribution in [-0.4, -0.2) is 44.4 Å². The third-order valence-electron chi connectivity index (χ3n) is 5.90. The molecule has 3 rings (SSSR count). The quantitative estimate of drug-likeness (QED) is 0.785. The normalized spacial score (nSPS) is 22.4. The summed E-state index contributed by atoms with van der Waals surface area (Å²) in [5, 5.41) is 6.06. The highest BCUT2D eigenvalue weighted by Gasteiger charge is 2.32. The van der Waals surface area contributed by atoms with Crippen molar-refractivity contribution in [3.8, 4) is 0 Å². The number of carbonyl (C=O) groups is 1. The van der Waals surface area contributed by atoms with Crippen molar-refractivity contribution in [1.29, 1.82) is 0 Å². The fourth-order valence-electron chi connectivity index (χ4n) is 4.12. The smallest absolute Gasteiger partial charge is 0.315 e. The van der Waals surface area contributed by atoms with E-state index < -0.39 is 10.0 Å². The van der Waals surface area contributed by atoms with Crippen molar-refractivity contribution in [2.45, 2.75) is 69.2 Å². The minimum absolute atomic E-state index is 0.120. The molecule has 2 fully saturated rings. The second kappa shape index (κ2) is 9.74. The highest BCUT2D eigenvalue weighted by atomic mass is 32.2. The van der Waals surface area contributed by atoms with Gasteiger partial charge in [0.1, 0.15) is 0 Å². The molecule has 2 aliphatic rings. The molecule has 7 heteroatoms. The molecule has 0 bridgehead atoms. The molecule has 28 heavy (non-hydrogen) atoms. The molecule has 2 N–H and O–H groups in total. The minimum atomic E-state index is -3.45. The molecule has 1 atom stereocenters. The third-order valence-corrected chi connectivity index (χ3v) is 7.78. The van der Waals surface area contributed by atoms with E-state index in [4.69, 9.17) is 0 Å². The number of sulfonamides is 1. The summed E-state index contributed by atoms with van der Waals surface area (Å²) < 4.78 is 27.1. The van der Waals surface area contributed by atoms with Crippen molar-refractivity contribution in [3.05, 3.63) is 29.8 Å². The van der Waals surface area contributed by atoms with Crippen molar-refractivity contribution in [2.75, 3.05) is 19.6 Å². The van der Waals surface area contributed by atoms with Gasteiger partial charge in [0.2, 0.25) is 10.0 Å². The zero-order valence-corrected chi connectivity index (χ0v) is 17.6. The Morgan fingerprint density at radius 1 is 1.04 bits per heavy atom. The summed E-state index contributed by atoms with van der Waals surface area (Å²) in [6, 6.07) is 7.12. The van der Waals surface area contributed by atoms with Crippen LogP contribution in [0.1, 0.15) is 56.9 Å². The summed E-state index contributed by atoms with van der Waals surface area (Å²) >= 11 is 0. The highest BCUT2D eigenvalue weighted by Crippen LogP contribution is 2.24. The van der Waals surface area contributed by atoms with Crippen LogP contribution >= 0.6 is 0 Å². The van der Waals surface area contributed by atoms with E-state index in [1.54, 1.807) is 12.1 Å². The van der Waals surface area contributed by atoms with Crippen LogP contribution in [0, 0.1) is 12.8 Å². The van der Waals surface area contributed by atoms with Gasteiger partial charge in [-0.25, -0.2) is 13.2 Å². The predicted octanol–water partition coefficient (Wildman–Crippen LogP) is 3.42. The van der Waals surface area contributed by atoms with Gasteiger partial charge in [0.05, 0.1) is 4.90 Å². The lowest BCUT2D eigenvalue weighted by atomic mass is 9.97. The van der Waals surface area contributed by atoms with Gasteiger partial charge < -0.3 is 10.6 Å². The number of hydrogen-bond donors (Lipinski definition) is 2. The fraction of sp³-hybridized carbons (Fsp3) is 0.667. The topological polar surface area (TPSA) is 78.5 Å². The molecule has 1 saturated carbocycles. The van der Waals surface area contributed by atoms with Gasteiger partial charge in [0, 0.05) is 25.7 Å². The molecule has 156 valence electrons. The van der Waals surface area contributed by atoms with Gasteiger partial charge in [-0.2, -0.15) is 4.31 Å². The Morgan fingerprint density at radius 3 is 2.36 bits per heavy atom. The number of benzene rings is 1. The first-order chi connectivity index (χ1) is 13.4. The molecule has 1 aliphatic heterocycles. The third kappa shape index (κ3) is 5.70. The number of rotatable bonds is 5. The summed E-state index contributed by atoms with van der Waals surface area (Å²) in [6.07, 6.45) is 9.06. The number of nitrogens with zero attached hydrogens (tertiary/aromatic N) is 1. The Bertz CT molecular complexity index is 741. The molecule has 0 radical (unpaired) electrons. The first-order valence-corrected chi connectivity index (χ1v) is 12.0. The molecule has 1 aliphatic carbocycles. The van der Waals surface area contributed by atoms with Crippen LogP contribution in [0.4, 0.5) is 4.79 Å². The van der Waals surface area contributed by atoms with Crippen molar-refractivity contribution in [1.82, 2.24) is 14.9 Å². The van der Waals surface area contributed by atoms with E-state index in [1.807, 2.05) is 19.1 Å². The van der Waals surface area contributed by atoms with E-state index in [0.29, 0.717) is 24.5 Å². The fourth-order valence-corrected chi connectivity index (χ4v) is 5.65. The average Bonchev–Trinajstić information content (AvgIpc) is 3.12.